The van der Waals surface area contributed by atoms with E-state index in [0.717, 1.165) is 6.07 Å². The summed E-state index contributed by atoms with van der Waals surface area (Å²) in [5.74, 6) is -1.33. The monoisotopic (exact) mass is 381 g/mol. The first-order valence-corrected chi connectivity index (χ1v) is 8.22. The number of amides is 2. The number of rotatable bonds is 5. The first kappa shape index (κ1) is 18.8. The van der Waals surface area contributed by atoms with Crippen molar-refractivity contribution >= 4 is 23.2 Å². The first-order chi connectivity index (χ1) is 13.5. The molecule has 0 radical (unpaired) electrons. The number of pyridine rings is 1. The minimum absolute atomic E-state index is 0.0522. The number of aromatic nitrogens is 1. The van der Waals surface area contributed by atoms with E-state index in [1.165, 1.54) is 49.7 Å². The van der Waals surface area contributed by atoms with Crippen molar-refractivity contribution in [3.05, 3.63) is 88.1 Å². The largest absolute Gasteiger partial charge is 0.495 e. The summed E-state index contributed by atoms with van der Waals surface area (Å²) in [7, 11) is 1.43. The molecule has 0 aliphatic carbocycles. The molecule has 0 spiro atoms. The minimum atomic E-state index is -0.602. The molecule has 2 aromatic carbocycles. The lowest BCUT2D eigenvalue weighted by Gasteiger charge is -2.13. The summed E-state index contributed by atoms with van der Waals surface area (Å²) in [5.41, 5.74) is 0.171. The lowest BCUT2D eigenvalue weighted by Crippen LogP contribution is -2.22. The SMILES string of the molecule is COc1ccc(NC(=O)c2ccc[nH]c2=O)cc1NC(=O)c1cccc(F)c1. The topological polar surface area (TPSA) is 100 Å². The Morgan fingerprint density at radius 2 is 1.82 bits per heavy atom. The average Bonchev–Trinajstić information content (AvgIpc) is 2.68. The van der Waals surface area contributed by atoms with Crippen molar-refractivity contribution in [1.82, 2.24) is 4.98 Å². The van der Waals surface area contributed by atoms with Crippen molar-refractivity contribution in [2.75, 3.05) is 17.7 Å². The number of halogens is 1. The number of ether oxygens (including phenoxy) is 1. The molecule has 1 aromatic heterocycles. The van der Waals surface area contributed by atoms with Crippen LogP contribution in [0.2, 0.25) is 0 Å². The van der Waals surface area contributed by atoms with Crippen LogP contribution in [0.1, 0.15) is 20.7 Å². The van der Waals surface area contributed by atoms with Crippen molar-refractivity contribution in [2.24, 2.45) is 0 Å². The summed E-state index contributed by atoms with van der Waals surface area (Å²) in [4.78, 5) is 38.8. The Bertz CT molecular complexity index is 1090. The molecule has 3 aromatic rings. The summed E-state index contributed by atoms with van der Waals surface area (Å²) >= 11 is 0. The van der Waals surface area contributed by atoms with Crippen LogP contribution in [0.5, 0.6) is 5.75 Å². The van der Waals surface area contributed by atoms with Crippen LogP contribution in [0.15, 0.2) is 65.6 Å². The van der Waals surface area contributed by atoms with Gasteiger partial charge < -0.3 is 20.4 Å². The van der Waals surface area contributed by atoms with Crippen LogP contribution in [0.25, 0.3) is 0 Å². The smallest absolute Gasteiger partial charge is 0.261 e. The normalized spacial score (nSPS) is 10.2. The second kappa shape index (κ2) is 8.17. The molecule has 8 heteroatoms. The van der Waals surface area contributed by atoms with Gasteiger partial charge in [0.15, 0.2) is 0 Å². The number of methoxy groups -OCH3 is 1. The van der Waals surface area contributed by atoms with Crippen molar-refractivity contribution in [2.45, 2.75) is 0 Å². The Morgan fingerprint density at radius 3 is 2.54 bits per heavy atom. The van der Waals surface area contributed by atoms with Gasteiger partial charge in [-0.1, -0.05) is 6.07 Å². The van der Waals surface area contributed by atoms with Gasteiger partial charge in [-0.15, -0.1) is 0 Å². The molecule has 2 amide bonds. The standard InChI is InChI=1S/C20H16FN3O4/c1-28-17-8-7-14(23-20(27)15-6-3-9-22-19(15)26)11-16(17)24-18(25)12-4-2-5-13(21)10-12/h2-11H,1H3,(H,22,26)(H,23,27)(H,24,25). The predicted octanol–water partition coefficient (Wildman–Crippen LogP) is 3.03. The highest BCUT2D eigenvalue weighted by molar-refractivity contribution is 6.07. The third-order valence-electron chi connectivity index (χ3n) is 3.86. The van der Waals surface area contributed by atoms with E-state index in [-0.39, 0.29) is 16.8 Å². The zero-order valence-corrected chi connectivity index (χ0v) is 14.8. The predicted molar refractivity (Wildman–Crippen MR) is 102 cm³/mol. The quantitative estimate of drug-likeness (QED) is 0.632. The molecule has 0 aliphatic heterocycles. The molecule has 0 aliphatic rings. The third-order valence-corrected chi connectivity index (χ3v) is 3.86. The van der Waals surface area contributed by atoms with Crippen LogP contribution in [0, 0.1) is 5.82 Å². The van der Waals surface area contributed by atoms with E-state index in [2.05, 4.69) is 15.6 Å². The van der Waals surface area contributed by atoms with Gasteiger partial charge in [0.1, 0.15) is 17.1 Å². The number of hydrogen-bond acceptors (Lipinski definition) is 4. The van der Waals surface area contributed by atoms with Crippen LogP contribution < -0.4 is 20.9 Å². The van der Waals surface area contributed by atoms with Crippen LogP contribution in [-0.4, -0.2) is 23.9 Å². The summed E-state index contributed by atoms with van der Waals surface area (Å²) in [6.07, 6.45) is 1.42. The van der Waals surface area contributed by atoms with E-state index in [0.29, 0.717) is 11.4 Å². The lowest BCUT2D eigenvalue weighted by atomic mass is 10.2. The van der Waals surface area contributed by atoms with Gasteiger partial charge in [-0.05, 0) is 48.5 Å². The highest BCUT2D eigenvalue weighted by Crippen LogP contribution is 2.28. The molecular weight excluding hydrogens is 365 g/mol. The Hall–Kier alpha value is -3.94. The van der Waals surface area contributed by atoms with Crippen molar-refractivity contribution in [3.8, 4) is 5.75 Å². The van der Waals surface area contributed by atoms with Gasteiger partial charge in [0.25, 0.3) is 17.4 Å². The molecule has 0 unspecified atom stereocenters. The number of aromatic amines is 1. The summed E-state index contributed by atoms with van der Waals surface area (Å²) in [6, 6.07) is 12.8. The third kappa shape index (κ3) is 4.24. The summed E-state index contributed by atoms with van der Waals surface area (Å²) < 4.78 is 18.5. The fourth-order valence-electron chi connectivity index (χ4n) is 2.51. The molecule has 0 atom stereocenters. The molecule has 0 bridgehead atoms. The van der Waals surface area contributed by atoms with Gasteiger partial charge in [0.2, 0.25) is 0 Å². The van der Waals surface area contributed by atoms with E-state index in [1.807, 2.05) is 0 Å². The summed E-state index contributed by atoms with van der Waals surface area (Å²) in [5, 5.41) is 5.21. The van der Waals surface area contributed by atoms with Crippen LogP contribution in [-0.2, 0) is 0 Å². The molecule has 142 valence electrons. The van der Waals surface area contributed by atoms with E-state index < -0.39 is 23.2 Å². The molecule has 0 saturated carbocycles. The van der Waals surface area contributed by atoms with Gasteiger partial charge in [0, 0.05) is 17.4 Å². The molecule has 7 nitrogen and oxygen atoms in total. The maximum atomic E-state index is 13.3. The van der Waals surface area contributed by atoms with Crippen molar-refractivity contribution in [1.29, 1.82) is 0 Å². The van der Waals surface area contributed by atoms with Crippen LogP contribution in [0.4, 0.5) is 15.8 Å². The zero-order chi connectivity index (χ0) is 20.1. The van der Waals surface area contributed by atoms with Gasteiger partial charge in [-0.3, -0.25) is 14.4 Å². The lowest BCUT2D eigenvalue weighted by molar-refractivity contribution is 0.101. The van der Waals surface area contributed by atoms with Gasteiger partial charge in [-0.25, -0.2) is 4.39 Å². The van der Waals surface area contributed by atoms with Crippen LogP contribution in [0.3, 0.4) is 0 Å². The van der Waals surface area contributed by atoms with E-state index in [1.54, 1.807) is 12.1 Å². The van der Waals surface area contributed by atoms with E-state index in [4.69, 9.17) is 4.74 Å². The fraction of sp³-hybridized carbons (Fsp3) is 0.0500. The average molecular weight is 381 g/mol. The number of benzene rings is 2. The Balaban J connectivity index is 1.84. The Labute approximate surface area is 159 Å². The number of nitrogens with one attached hydrogen (secondary N) is 3. The maximum absolute atomic E-state index is 13.3. The number of carbonyl (C=O) groups excluding carboxylic acids is 2. The van der Waals surface area contributed by atoms with E-state index in [9.17, 15) is 18.8 Å². The van der Waals surface area contributed by atoms with Gasteiger partial charge >= 0.3 is 0 Å². The van der Waals surface area contributed by atoms with Crippen LogP contribution >= 0.6 is 0 Å². The molecular formula is C20H16FN3O4. The number of carbonyl (C=O) groups is 2. The first-order valence-electron chi connectivity index (χ1n) is 8.22. The molecule has 0 fully saturated rings. The molecule has 1 heterocycles. The number of hydrogen-bond donors (Lipinski definition) is 3. The molecule has 3 N–H and O–H groups in total. The fourth-order valence-corrected chi connectivity index (χ4v) is 2.51. The highest BCUT2D eigenvalue weighted by atomic mass is 19.1. The second-order valence-electron chi connectivity index (χ2n) is 5.75. The minimum Gasteiger partial charge on any atom is -0.495 e. The molecule has 28 heavy (non-hydrogen) atoms. The van der Waals surface area contributed by atoms with Gasteiger partial charge in [-0.2, -0.15) is 0 Å². The zero-order valence-electron chi connectivity index (χ0n) is 14.8. The van der Waals surface area contributed by atoms with Crippen molar-refractivity contribution < 1.29 is 18.7 Å². The highest BCUT2D eigenvalue weighted by Gasteiger charge is 2.14. The van der Waals surface area contributed by atoms with Crippen molar-refractivity contribution in [3.63, 3.8) is 0 Å². The molecule has 3 rings (SSSR count). The molecule has 0 saturated heterocycles. The number of H-pyrrole nitrogens is 1. The Kier molecular flexibility index (Phi) is 5.50. The number of anilines is 2. The van der Waals surface area contributed by atoms with Gasteiger partial charge in [0.05, 0.1) is 12.8 Å². The second-order valence-corrected chi connectivity index (χ2v) is 5.75. The summed E-state index contributed by atoms with van der Waals surface area (Å²) in [6.45, 7) is 0. The Morgan fingerprint density at radius 1 is 1.00 bits per heavy atom. The maximum Gasteiger partial charge on any atom is 0.261 e. The van der Waals surface area contributed by atoms with E-state index >= 15 is 0 Å².